The molecular formula is C11H20O3S. The Morgan fingerprint density at radius 3 is 2.40 bits per heavy atom. The second-order valence-corrected chi connectivity index (χ2v) is 6.82. The van der Waals surface area contributed by atoms with Crippen molar-refractivity contribution < 1.29 is 13.0 Å². The van der Waals surface area contributed by atoms with Crippen LogP contribution in [0.3, 0.4) is 0 Å². The topological polar surface area (TPSA) is 54.4 Å². The van der Waals surface area contributed by atoms with Crippen LogP contribution in [0.15, 0.2) is 0 Å². The van der Waals surface area contributed by atoms with Crippen molar-refractivity contribution in [1.29, 1.82) is 0 Å². The van der Waals surface area contributed by atoms with Gasteiger partial charge in [0.2, 0.25) is 0 Å². The molecule has 0 amide bonds. The summed E-state index contributed by atoms with van der Waals surface area (Å²) < 4.78 is 32.1. The summed E-state index contributed by atoms with van der Waals surface area (Å²) in [5, 5.41) is -0.489. The fourth-order valence-electron chi connectivity index (χ4n) is 3.60. The third-order valence-electron chi connectivity index (χ3n) is 4.29. The fraction of sp³-hybridized carbons (Fsp3) is 1.00. The number of rotatable bonds is 1. The Hall–Kier alpha value is -0.0900. The molecule has 2 fully saturated rings. The molecule has 2 saturated carbocycles. The van der Waals surface area contributed by atoms with Crippen LogP contribution < -0.4 is 0 Å². The quantitative estimate of drug-likeness (QED) is 0.707. The van der Waals surface area contributed by atoms with Crippen molar-refractivity contribution in [2.24, 2.45) is 17.8 Å². The summed E-state index contributed by atoms with van der Waals surface area (Å²) in [6, 6.07) is 0. The van der Waals surface area contributed by atoms with E-state index in [-0.39, 0.29) is 11.8 Å². The van der Waals surface area contributed by atoms with Crippen molar-refractivity contribution >= 4 is 10.1 Å². The lowest BCUT2D eigenvalue weighted by Gasteiger charge is -2.42. The second kappa shape index (κ2) is 4.06. The summed E-state index contributed by atoms with van der Waals surface area (Å²) >= 11 is 0. The third kappa shape index (κ3) is 2.21. The van der Waals surface area contributed by atoms with Gasteiger partial charge in [0.15, 0.2) is 0 Å². The van der Waals surface area contributed by atoms with Gasteiger partial charge in [-0.1, -0.05) is 26.2 Å². The molecule has 4 atom stereocenters. The highest BCUT2D eigenvalue weighted by molar-refractivity contribution is 7.86. The van der Waals surface area contributed by atoms with Gasteiger partial charge in [-0.15, -0.1) is 0 Å². The van der Waals surface area contributed by atoms with Crippen LogP contribution in [0.1, 0.15) is 45.4 Å². The Bertz CT molecular complexity index is 323. The lowest BCUT2D eigenvalue weighted by atomic mass is 9.67. The molecule has 15 heavy (non-hydrogen) atoms. The van der Waals surface area contributed by atoms with Crippen molar-refractivity contribution in [2.75, 3.05) is 0 Å². The zero-order valence-corrected chi connectivity index (χ0v) is 10.0. The summed E-state index contributed by atoms with van der Waals surface area (Å²) in [7, 11) is -3.85. The van der Waals surface area contributed by atoms with Gasteiger partial charge < -0.3 is 0 Å². The van der Waals surface area contributed by atoms with Crippen LogP contribution >= 0.6 is 0 Å². The maximum atomic E-state index is 11.4. The Labute approximate surface area is 92.0 Å². The van der Waals surface area contributed by atoms with E-state index in [1.54, 1.807) is 0 Å². The first kappa shape index (κ1) is 11.4. The molecule has 0 aromatic rings. The van der Waals surface area contributed by atoms with Crippen LogP contribution in [-0.4, -0.2) is 18.2 Å². The van der Waals surface area contributed by atoms with E-state index >= 15 is 0 Å². The molecule has 3 nitrogen and oxygen atoms in total. The van der Waals surface area contributed by atoms with Crippen molar-refractivity contribution in [3.63, 3.8) is 0 Å². The van der Waals surface area contributed by atoms with E-state index in [0.717, 1.165) is 32.1 Å². The van der Waals surface area contributed by atoms with Crippen LogP contribution in [0.2, 0.25) is 0 Å². The molecule has 2 aliphatic carbocycles. The lowest BCUT2D eigenvalue weighted by Crippen LogP contribution is -2.44. The number of hydrogen-bond donors (Lipinski definition) is 1. The minimum absolute atomic E-state index is 0.124. The normalized spacial score (nSPS) is 42.3. The molecule has 88 valence electrons. The highest BCUT2D eigenvalue weighted by Gasteiger charge is 2.44. The first-order chi connectivity index (χ1) is 7.00. The molecule has 0 bridgehead atoms. The first-order valence-electron chi connectivity index (χ1n) is 5.96. The van der Waals surface area contributed by atoms with Gasteiger partial charge in [0, 0.05) is 0 Å². The van der Waals surface area contributed by atoms with E-state index in [1.807, 2.05) is 6.92 Å². The smallest absolute Gasteiger partial charge is 0.268 e. The minimum Gasteiger partial charge on any atom is -0.285 e. The molecule has 0 heterocycles. The van der Waals surface area contributed by atoms with E-state index in [1.165, 1.54) is 6.42 Å². The van der Waals surface area contributed by atoms with Gasteiger partial charge in [-0.2, -0.15) is 8.42 Å². The van der Waals surface area contributed by atoms with Gasteiger partial charge in [-0.25, -0.2) is 0 Å². The van der Waals surface area contributed by atoms with E-state index in [9.17, 15) is 13.0 Å². The van der Waals surface area contributed by atoms with Gasteiger partial charge in [-0.05, 0) is 37.0 Å². The Morgan fingerprint density at radius 2 is 1.73 bits per heavy atom. The standard InChI is InChI=1S/C11H20O3S/c1-8-6-7-9-4-2-3-5-10(9)11(8)15(12,13)14/h8-11H,2-7H2,1H3,(H,12,13,14). The molecular weight excluding hydrogens is 212 g/mol. The van der Waals surface area contributed by atoms with Crippen molar-refractivity contribution in [3.05, 3.63) is 0 Å². The lowest BCUT2D eigenvalue weighted by molar-refractivity contribution is 0.136. The van der Waals surface area contributed by atoms with Crippen LogP contribution in [0, 0.1) is 17.8 Å². The van der Waals surface area contributed by atoms with E-state index in [0.29, 0.717) is 5.92 Å². The van der Waals surface area contributed by atoms with Crippen LogP contribution in [-0.2, 0) is 10.1 Å². The van der Waals surface area contributed by atoms with Crippen LogP contribution in [0.25, 0.3) is 0 Å². The maximum absolute atomic E-state index is 11.4. The monoisotopic (exact) mass is 232 g/mol. The van der Waals surface area contributed by atoms with Crippen LogP contribution in [0.4, 0.5) is 0 Å². The SMILES string of the molecule is CC1CCC2CCCCC2C1S(=O)(=O)O. The van der Waals surface area contributed by atoms with Crippen molar-refractivity contribution in [1.82, 2.24) is 0 Å². The maximum Gasteiger partial charge on any atom is 0.268 e. The highest BCUT2D eigenvalue weighted by Crippen LogP contribution is 2.45. The molecule has 4 heteroatoms. The van der Waals surface area contributed by atoms with Gasteiger partial charge in [0.1, 0.15) is 0 Å². The third-order valence-corrected chi connectivity index (χ3v) is 5.79. The Kier molecular flexibility index (Phi) is 3.08. The van der Waals surface area contributed by atoms with E-state index in [2.05, 4.69) is 0 Å². The first-order valence-corrected chi connectivity index (χ1v) is 7.47. The second-order valence-electron chi connectivity index (χ2n) is 5.24. The van der Waals surface area contributed by atoms with Gasteiger partial charge in [-0.3, -0.25) is 4.55 Å². The molecule has 2 rings (SSSR count). The zero-order valence-electron chi connectivity index (χ0n) is 9.22. The zero-order chi connectivity index (χ0) is 11.1. The average Bonchev–Trinajstić information content (AvgIpc) is 2.15. The largest absolute Gasteiger partial charge is 0.285 e. The predicted octanol–water partition coefficient (Wildman–Crippen LogP) is 2.48. The van der Waals surface area contributed by atoms with Crippen LogP contribution in [0.5, 0.6) is 0 Å². The van der Waals surface area contributed by atoms with E-state index < -0.39 is 15.4 Å². The summed E-state index contributed by atoms with van der Waals surface area (Å²) in [6.07, 6.45) is 6.60. The number of fused-ring (bicyclic) bond motifs is 1. The molecule has 1 N–H and O–H groups in total. The summed E-state index contributed by atoms with van der Waals surface area (Å²) in [4.78, 5) is 0. The van der Waals surface area contributed by atoms with Gasteiger partial charge in [0.05, 0.1) is 5.25 Å². The fourth-order valence-corrected chi connectivity index (χ4v) is 5.13. The van der Waals surface area contributed by atoms with Crippen molar-refractivity contribution in [3.8, 4) is 0 Å². The average molecular weight is 232 g/mol. The summed E-state index contributed by atoms with van der Waals surface area (Å²) in [5.74, 6) is 0.888. The molecule has 0 radical (unpaired) electrons. The Balaban J connectivity index is 2.24. The summed E-state index contributed by atoms with van der Waals surface area (Å²) in [5.41, 5.74) is 0. The molecule has 0 spiro atoms. The molecule has 4 unspecified atom stereocenters. The van der Waals surface area contributed by atoms with E-state index in [4.69, 9.17) is 0 Å². The molecule has 0 aromatic carbocycles. The van der Waals surface area contributed by atoms with Gasteiger partial charge >= 0.3 is 0 Å². The summed E-state index contributed by atoms with van der Waals surface area (Å²) in [6.45, 7) is 1.96. The number of hydrogen-bond acceptors (Lipinski definition) is 2. The highest BCUT2D eigenvalue weighted by atomic mass is 32.2. The van der Waals surface area contributed by atoms with Crippen molar-refractivity contribution in [2.45, 2.75) is 50.7 Å². The molecule has 0 aromatic heterocycles. The molecule has 0 aliphatic heterocycles. The molecule has 2 aliphatic rings. The van der Waals surface area contributed by atoms with Gasteiger partial charge in [0.25, 0.3) is 10.1 Å². The minimum atomic E-state index is -3.85. The Morgan fingerprint density at radius 1 is 1.07 bits per heavy atom. The predicted molar refractivity (Wildman–Crippen MR) is 59.2 cm³/mol. The molecule has 0 saturated heterocycles.